The average molecular weight is 235 g/mol. The topological polar surface area (TPSA) is 78.2 Å². The van der Waals surface area contributed by atoms with Crippen molar-refractivity contribution < 1.29 is 14.1 Å². The van der Waals surface area contributed by atoms with Crippen LogP contribution >= 0.6 is 0 Å². The Morgan fingerprint density at radius 2 is 2.00 bits per heavy atom. The molecular weight excluding hydrogens is 229 g/mol. The van der Waals surface area contributed by atoms with E-state index >= 15 is 0 Å². The van der Waals surface area contributed by atoms with Crippen molar-refractivity contribution in [1.29, 1.82) is 0 Å². The van der Waals surface area contributed by atoms with Gasteiger partial charge in [-0.15, -0.1) is 0 Å². The molecule has 0 fully saturated rings. The highest BCUT2D eigenvalue weighted by Crippen LogP contribution is 2.26. The minimum atomic E-state index is -0.817. The normalized spacial score (nSPS) is 9.94. The fourth-order valence-electron chi connectivity index (χ4n) is 1.15. The van der Waals surface area contributed by atoms with Crippen LogP contribution in [0.5, 0.6) is 11.5 Å². The van der Waals surface area contributed by atoms with Crippen LogP contribution in [0.3, 0.4) is 0 Å². The first-order chi connectivity index (χ1) is 8.16. The van der Waals surface area contributed by atoms with E-state index in [1.807, 2.05) is 0 Å². The molecule has 2 rings (SSSR count). The number of nitrogens with zero attached hydrogens (tertiary/aromatic N) is 3. The molecule has 7 heteroatoms. The Balaban J connectivity index is 2.26. The summed E-state index contributed by atoms with van der Waals surface area (Å²) in [5.74, 6) is -0.686. The van der Waals surface area contributed by atoms with Crippen molar-refractivity contribution in [3.8, 4) is 11.5 Å². The molecule has 0 amide bonds. The fourth-order valence-corrected chi connectivity index (χ4v) is 1.15. The van der Waals surface area contributed by atoms with Gasteiger partial charge < -0.3 is 4.74 Å². The molecule has 0 N–H and O–H groups in total. The molecular formula is C10H6FN3O3. The SMILES string of the molecule is O=[N+]([O-])c1ccc(Oc2cncnc2)c(F)c1. The lowest BCUT2D eigenvalue weighted by Gasteiger charge is -2.04. The van der Waals surface area contributed by atoms with E-state index in [9.17, 15) is 14.5 Å². The second-order valence-electron chi connectivity index (χ2n) is 3.05. The smallest absolute Gasteiger partial charge is 0.272 e. The largest absolute Gasteiger partial charge is 0.451 e. The zero-order chi connectivity index (χ0) is 12.3. The maximum Gasteiger partial charge on any atom is 0.272 e. The summed E-state index contributed by atoms with van der Waals surface area (Å²) in [6, 6.07) is 3.13. The summed E-state index contributed by atoms with van der Waals surface area (Å²) in [7, 11) is 0. The highest BCUT2D eigenvalue weighted by Gasteiger charge is 2.12. The van der Waals surface area contributed by atoms with Crippen molar-refractivity contribution >= 4 is 5.69 Å². The maximum absolute atomic E-state index is 13.4. The van der Waals surface area contributed by atoms with Crippen LogP contribution in [0, 0.1) is 15.9 Å². The van der Waals surface area contributed by atoms with Crippen LogP contribution in [0.2, 0.25) is 0 Å². The quantitative estimate of drug-likeness (QED) is 0.602. The molecule has 0 aliphatic heterocycles. The molecule has 2 aromatic rings. The van der Waals surface area contributed by atoms with Gasteiger partial charge >= 0.3 is 0 Å². The summed E-state index contributed by atoms with van der Waals surface area (Å²) in [5, 5.41) is 10.4. The summed E-state index contributed by atoms with van der Waals surface area (Å²) in [4.78, 5) is 17.1. The molecule has 0 saturated heterocycles. The van der Waals surface area contributed by atoms with Gasteiger partial charge in [0.25, 0.3) is 5.69 Å². The molecule has 6 nitrogen and oxygen atoms in total. The molecule has 0 spiro atoms. The zero-order valence-electron chi connectivity index (χ0n) is 8.41. The van der Waals surface area contributed by atoms with Crippen molar-refractivity contribution in [1.82, 2.24) is 9.97 Å². The summed E-state index contributed by atoms with van der Waals surface area (Å²) >= 11 is 0. The van der Waals surface area contributed by atoms with E-state index < -0.39 is 10.7 Å². The number of hydrogen-bond donors (Lipinski definition) is 0. The molecule has 0 aliphatic carbocycles. The monoisotopic (exact) mass is 235 g/mol. The van der Waals surface area contributed by atoms with Crippen LogP contribution in [-0.4, -0.2) is 14.9 Å². The van der Waals surface area contributed by atoms with Gasteiger partial charge in [-0.3, -0.25) is 10.1 Å². The van der Waals surface area contributed by atoms with E-state index in [0.717, 1.165) is 12.1 Å². The highest BCUT2D eigenvalue weighted by atomic mass is 19.1. The first-order valence-electron chi connectivity index (χ1n) is 4.53. The maximum atomic E-state index is 13.4. The number of nitro groups is 1. The van der Waals surface area contributed by atoms with E-state index in [2.05, 4.69) is 9.97 Å². The summed E-state index contributed by atoms with van der Waals surface area (Å²) < 4.78 is 18.5. The molecule has 0 bridgehead atoms. The van der Waals surface area contributed by atoms with Crippen molar-refractivity contribution in [2.24, 2.45) is 0 Å². The van der Waals surface area contributed by atoms with Crippen LogP contribution in [0.25, 0.3) is 0 Å². The number of nitro benzene ring substituents is 1. The predicted octanol–water partition coefficient (Wildman–Crippen LogP) is 2.32. The van der Waals surface area contributed by atoms with Crippen molar-refractivity contribution in [2.75, 3.05) is 0 Å². The van der Waals surface area contributed by atoms with Crippen LogP contribution < -0.4 is 4.74 Å². The molecule has 1 aromatic carbocycles. The summed E-state index contributed by atoms with van der Waals surface area (Å²) in [6.45, 7) is 0. The standard InChI is InChI=1S/C10H6FN3O3/c11-9-3-7(14(15)16)1-2-10(9)17-8-4-12-6-13-5-8/h1-6H. The summed E-state index contributed by atoms with van der Waals surface area (Å²) in [5.41, 5.74) is -0.334. The number of halogens is 1. The van der Waals surface area contributed by atoms with Gasteiger partial charge in [-0.2, -0.15) is 0 Å². The Hall–Kier alpha value is -2.57. The number of benzene rings is 1. The molecule has 0 saturated carbocycles. The van der Waals surface area contributed by atoms with E-state index in [1.165, 1.54) is 24.8 Å². The molecule has 1 heterocycles. The number of hydrogen-bond acceptors (Lipinski definition) is 5. The van der Waals surface area contributed by atoms with Gasteiger partial charge in [-0.05, 0) is 6.07 Å². The third-order valence-corrected chi connectivity index (χ3v) is 1.89. The fraction of sp³-hybridized carbons (Fsp3) is 0. The van der Waals surface area contributed by atoms with E-state index in [-0.39, 0.29) is 17.2 Å². The molecule has 0 unspecified atom stereocenters. The molecule has 0 radical (unpaired) electrons. The van der Waals surface area contributed by atoms with Gasteiger partial charge in [0.2, 0.25) is 0 Å². The van der Waals surface area contributed by atoms with E-state index in [0.29, 0.717) is 0 Å². The number of ether oxygens (including phenoxy) is 1. The predicted molar refractivity (Wildman–Crippen MR) is 55.2 cm³/mol. The molecule has 86 valence electrons. The lowest BCUT2D eigenvalue weighted by molar-refractivity contribution is -0.385. The molecule has 0 atom stereocenters. The van der Waals surface area contributed by atoms with Crippen LogP contribution in [0.4, 0.5) is 10.1 Å². The molecule has 1 aromatic heterocycles. The van der Waals surface area contributed by atoms with Crippen molar-refractivity contribution in [3.63, 3.8) is 0 Å². The number of rotatable bonds is 3. The Morgan fingerprint density at radius 1 is 1.29 bits per heavy atom. The summed E-state index contributed by atoms with van der Waals surface area (Å²) in [6.07, 6.45) is 4.01. The van der Waals surface area contributed by atoms with E-state index in [1.54, 1.807) is 0 Å². The third-order valence-electron chi connectivity index (χ3n) is 1.89. The minimum absolute atomic E-state index is 0.120. The van der Waals surface area contributed by atoms with Crippen LogP contribution in [0.1, 0.15) is 0 Å². The number of non-ortho nitro benzene ring substituents is 1. The van der Waals surface area contributed by atoms with Gasteiger partial charge in [-0.1, -0.05) is 0 Å². The van der Waals surface area contributed by atoms with Gasteiger partial charge in [0, 0.05) is 6.07 Å². The van der Waals surface area contributed by atoms with Gasteiger partial charge in [0.15, 0.2) is 17.3 Å². The second kappa shape index (κ2) is 4.52. The Labute approximate surface area is 94.9 Å². The van der Waals surface area contributed by atoms with Crippen molar-refractivity contribution in [2.45, 2.75) is 0 Å². The Morgan fingerprint density at radius 3 is 2.59 bits per heavy atom. The lowest BCUT2D eigenvalue weighted by Crippen LogP contribution is -1.93. The molecule has 0 aliphatic rings. The van der Waals surface area contributed by atoms with Crippen molar-refractivity contribution in [3.05, 3.63) is 52.9 Å². The Bertz CT molecular complexity index is 548. The van der Waals surface area contributed by atoms with Crippen LogP contribution in [0.15, 0.2) is 36.9 Å². The van der Waals surface area contributed by atoms with Gasteiger partial charge in [0.05, 0.1) is 23.4 Å². The lowest BCUT2D eigenvalue weighted by atomic mass is 10.3. The number of aromatic nitrogens is 2. The van der Waals surface area contributed by atoms with E-state index in [4.69, 9.17) is 4.74 Å². The van der Waals surface area contributed by atoms with Gasteiger partial charge in [-0.25, -0.2) is 14.4 Å². The minimum Gasteiger partial charge on any atom is -0.451 e. The molecule has 17 heavy (non-hydrogen) atoms. The highest BCUT2D eigenvalue weighted by molar-refractivity contribution is 5.39. The van der Waals surface area contributed by atoms with Crippen LogP contribution in [-0.2, 0) is 0 Å². The third kappa shape index (κ3) is 2.51. The van der Waals surface area contributed by atoms with Gasteiger partial charge in [0.1, 0.15) is 6.33 Å². The second-order valence-corrected chi connectivity index (χ2v) is 3.05. The first kappa shape index (κ1) is 10.9. The Kier molecular flexibility index (Phi) is 2.91. The average Bonchev–Trinajstić information content (AvgIpc) is 2.33. The zero-order valence-corrected chi connectivity index (χ0v) is 8.41. The first-order valence-corrected chi connectivity index (χ1v) is 4.53.